The predicted molar refractivity (Wildman–Crippen MR) is 133 cm³/mol. The van der Waals surface area contributed by atoms with Crippen molar-refractivity contribution >= 4 is 29.3 Å². The van der Waals surface area contributed by atoms with Crippen molar-refractivity contribution < 1.29 is 9.53 Å². The van der Waals surface area contributed by atoms with Gasteiger partial charge < -0.3 is 10.1 Å². The van der Waals surface area contributed by atoms with Crippen LogP contribution in [0.5, 0.6) is 0 Å². The molecule has 0 aromatic heterocycles. The normalized spacial score (nSPS) is 20.0. The fourth-order valence-corrected chi connectivity index (χ4v) is 5.21. The standard InChI is InChI=1S/C27H23ClN2O2S/c1-2-33-25-23(18-29)22(21-15-9-10-16-24(21)28)17-27(30-25,20-13-7-4-8-14-20)32-26(31)19-11-5-3-6-12-19/h3-16,22,30H,2,17H2,1H3/t22-,27-/m1/s1. The molecule has 166 valence electrons. The number of esters is 1. The molecule has 2 atom stereocenters. The number of nitriles is 1. The third kappa shape index (κ3) is 4.78. The zero-order valence-electron chi connectivity index (χ0n) is 18.1. The second kappa shape index (κ2) is 10.2. The van der Waals surface area contributed by atoms with Crippen LogP contribution >= 0.6 is 23.4 Å². The third-order valence-electron chi connectivity index (χ3n) is 5.61. The van der Waals surface area contributed by atoms with Crippen molar-refractivity contribution in [3.05, 3.63) is 117 Å². The maximum absolute atomic E-state index is 13.2. The highest BCUT2D eigenvalue weighted by atomic mass is 35.5. The number of nitrogens with one attached hydrogen (secondary N) is 1. The lowest BCUT2D eigenvalue weighted by Gasteiger charge is -2.42. The fourth-order valence-electron chi connectivity index (χ4n) is 4.07. The Labute approximate surface area is 203 Å². The number of carbonyl (C=O) groups is 1. The van der Waals surface area contributed by atoms with Gasteiger partial charge in [0.05, 0.1) is 22.2 Å². The van der Waals surface area contributed by atoms with Crippen LogP contribution in [0.1, 0.15) is 40.7 Å². The molecular weight excluding hydrogens is 452 g/mol. The van der Waals surface area contributed by atoms with Crippen molar-refractivity contribution in [2.75, 3.05) is 5.75 Å². The van der Waals surface area contributed by atoms with Crippen molar-refractivity contribution in [1.82, 2.24) is 5.32 Å². The van der Waals surface area contributed by atoms with E-state index >= 15 is 0 Å². The lowest BCUT2D eigenvalue weighted by atomic mass is 9.80. The van der Waals surface area contributed by atoms with Crippen molar-refractivity contribution in [1.29, 1.82) is 5.26 Å². The van der Waals surface area contributed by atoms with E-state index in [-0.39, 0.29) is 5.92 Å². The van der Waals surface area contributed by atoms with Crippen LogP contribution in [0.15, 0.2) is 95.5 Å². The number of ether oxygens (including phenoxy) is 1. The molecular formula is C27H23ClN2O2S. The Morgan fingerprint density at radius 1 is 1.09 bits per heavy atom. The smallest absolute Gasteiger partial charge is 0.340 e. The average molecular weight is 475 g/mol. The number of hydrogen-bond acceptors (Lipinski definition) is 5. The highest BCUT2D eigenvalue weighted by molar-refractivity contribution is 8.03. The molecule has 0 saturated carbocycles. The molecule has 1 aliphatic heterocycles. The Bertz CT molecular complexity index is 1210. The molecule has 3 aromatic rings. The number of thioether (sulfide) groups is 1. The molecule has 1 N–H and O–H groups in total. The molecule has 6 heteroatoms. The highest BCUT2D eigenvalue weighted by Gasteiger charge is 2.46. The molecule has 1 aliphatic rings. The van der Waals surface area contributed by atoms with Gasteiger partial charge in [0.2, 0.25) is 5.72 Å². The zero-order chi connectivity index (χ0) is 23.3. The van der Waals surface area contributed by atoms with Gasteiger partial charge in [-0.05, 0) is 29.5 Å². The first-order valence-corrected chi connectivity index (χ1v) is 12.1. The van der Waals surface area contributed by atoms with E-state index in [2.05, 4.69) is 11.4 Å². The van der Waals surface area contributed by atoms with Gasteiger partial charge in [-0.1, -0.05) is 85.3 Å². The number of allylic oxidation sites excluding steroid dienone is 1. The summed E-state index contributed by atoms with van der Waals surface area (Å²) in [7, 11) is 0. The Kier molecular flexibility index (Phi) is 7.08. The van der Waals surface area contributed by atoms with Crippen LogP contribution in [-0.2, 0) is 10.5 Å². The van der Waals surface area contributed by atoms with Gasteiger partial charge in [0.15, 0.2) is 0 Å². The second-order valence-corrected chi connectivity index (χ2v) is 9.32. The van der Waals surface area contributed by atoms with Crippen molar-refractivity contribution in [2.45, 2.75) is 25.0 Å². The number of rotatable bonds is 6. The van der Waals surface area contributed by atoms with Gasteiger partial charge in [0.1, 0.15) is 0 Å². The van der Waals surface area contributed by atoms with E-state index in [1.54, 1.807) is 24.3 Å². The molecule has 0 unspecified atom stereocenters. The van der Waals surface area contributed by atoms with Gasteiger partial charge in [0.25, 0.3) is 0 Å². The lowest BCUT2D eigenvalue weighted by molar-refractivity contribution is -0.0455. The first-order valence-electron chi connectivity index (χ1n) is 10.7. The monoisotopic (exact) mass is 474 g/mol. The van der Waals surface area contributed by atoms with Gasteiger partial charge >= 0.3 is 5.97 Å². The Balaban J connectivity index is 1.87. The predicted octanol–water partition coefficient (Wildman–Crippen LogP) is 6.62. The van der Waals surface area contributed by atoms with Gasteiger partial charge in [0, 0.05) is 22.9 Å². The largest absolute Gasteiger partial charge is 0.431 e. The van der Waals surface area contributed by atoms with E-state index in [1.807, 2.05) is 67.6 Å². The second-order valence-electron chi connectivity index (χ2n) is 7.64. The van der Waals surface area contributed by atoms with Gasteiger partial charge in [-0.2, -0.15) is 5.26 Å². The molecule has 0 fully saturated rings. The number of benzene rings is 3. The first-order chi connectivity index (χ1) is 16.1. The summed E-state index contributed by atoms with van der Waals surface area (Å²) in [4.78, 5) is 13.2. The van der Waals surface area contributed by atoms with Crippen LogP contribution in [0, 0.1) is 11.3 Å². The van der Waals surface area contributed by atoms with Crippen LogP contribution in [0.4, 0.5) is 0 Å². The summed E-state index contributed by atoms with van der Waals surface area (Å²) in [6.45, 7) is 2.02. The summed E-state index contributed by atoms with van der Waals surface area (Å²) in [6, 6.07) is 28.4. The van der Waals surface area contributed by atoms with Crippen LogP contribution in [0.3, 0.4) is 0 Å². The lowest BCUT2D eigenvalue weighted by Crippen LogP contribution is -2.49. The van der Waals surface area contributed by atoms with Crippen LogP contribution in [-0.4, -0.2) is 11.7 Å². The minimum atomic E-state index is -1.17. The molecule has 0 bridgehead atoms. The van der Waals surface area contributed by atoms with Crippen LogP contribution in [0.2, 0.25) is 5.02 Å². The van der Waals surface area contributed by atoms with E-state index in [1.165, 1.54) is 11.8 Å². The van der Waals surface area contributed by atoms with E-state index in [0.717, 1.165) is 16.9 Å². The summed E-state index contributed by atoms with van der Waals surface area (Å²) in [5, 5.41) is 14.8. The first kappa shape index (κ1) is 23.0. The fraction of sp³-hybridized carbons (Fsp3) is 0.185. The molecule has 0 radical (unpaired) electrons. The SMILES string of the molecule is CCSC1=C(C#N)[C@@H](c2ccccc2Cl)C[C@@](OC(=O)c2ccccc2)(c2ccccc2)N1. The Morgan fingerprint density at radius 2 is 1.73 bits per heavy atom. The molecule has 0 aliphatic carbocycles. The van der Waals surface area contributed by atoms with E-state index in [0.29, 0.717) is 27.6 Å². The van der Waals surface area contributed by atoms with E-state index in [9.17, 15) is 10.1 Å². The topological polar surface area (TPSA) is 62.1 Å². The summed E-state index contributed by atoms with van der Waals surface area (Å²) < 4.78 is 6.26. The van der Waals surface area contributed by atoms with Crippen LogP contribution in [0.25, 0.3) is 0 Å². The zero-order valence-corrected chi connectivity index (χ0v) is 19.7. The molecule has 3 aromatic carbocycles. The highest BCUT2D eigenvalue weighted by Crippen LogP contribution is 2.47. The van der Waals surface area contributed by atoms with Gasteiger partial charge in [-0.15, -0.1) is 11.8 Å². The molecule has 0 amide bonds. The van der Waals surface area contributed by atoms with Crippen LogP contribution < -0.4 is 5.32 Å². The van der Waals surface area contributed by atoms with Crippen molar-refractivity contribution in [3.8, 4) is 6.07 Å². The van der Waals surface area contributed by atoms with Crippen molar-refractivity contribution in [2.24, 2.45) is 0 Å². The molecule has 4 nitrogen and oxygen atoms in total. The minimum Gasteiger partial charge on any atom is -0.431 e. The molecule has 0 saturated heterocycles. The number of nitrogens with zero attached hydrogens (tertiary/aromatic N) is 1. The molecule has 4 rings (SSSR count). The summed E-state index contributed by atoms with van der Waals surface area (Å²) >= 11 is 8.10. The maximum atomic E-state index is 13.2. The van der Waals surface area contributed by atoms with Gasteiger partial charge in [-0.25, -0.2) is 4.79 Å². The average Bonchev–Trinajstić information content (AvgIpc) is 2.85. The van der Waals surface area contributed by atoms with Gasteiger partial charge in [-0.3, -0.25) is 0 Å². The summed E-state index contributed by atoms with van der Waals surface area (Å²) in [5.41, 5.74) is 1.52. The summed E-state index contributed by atoms with van der Waals surface area (Å²) in [6.07, 6.45) is 0.329. The quantitative estimate of drug-likeness (QED) is 0.407. The number of hydrogen-bond donors (Lipinski definition) is 1. The molecule has 0 spiro atoms. The molecule has 1 heterocycles. The van der Waals surface area contributed by atoms with E-state index < -0.39 is 11.7 Å². The minimum absolute atomic E-state index is 0.329. The number of carbonyl (C=O) groups excluding carboxylic acids is 1. The molecule has 33 heavy (non-hydrogen) atoms. The summed E-state index contributed by atoms with van der Waals surface area (Å²) in [5.74, 6) is -0.0332. The third-order valence-corrected chi connectivity index (χ3v) is 6.85. The van der Waals surface area contributed by atoms with E-state index in [4.69, 9.17) is 16.3 Å². The Morgan fingerprint density at radius 3 is 2.36 bits per heavy atom. The maximum Gasteiger partial charge on any atom is 0.340 e. The van der Waals surface area contributed by atoms with Crippen molar-refractivity contribution in [3.63, 3.8) is 0 Å². The number of halogens is 1. The Hall–Kier alpha value is -3.20.